The molecule has 5 heteroatoms. The van der Waals surface area contributed by atoms with Crippen LogP contribution in [0, 0.1) is 0 Å². The highest BCUT2D eigenvalue weighted by Crippen LogP contribution is 2.42. The van der Waals surface area contributed by atoms with E-state index in [2.05, 4.69) is 0 Å². The molecule has 0 fully saturated rings. The first kappa shape index (κ1) is 21.4. The first-order chi connectivity index (χ1) is 14.5. The molecule has 0 spiro atoms. The Morgan fingerprint density at radius 1 is 0.800 bits per heavy atom. The van der Waals surface area contributed by atoms with Crippen molar-refractivity contribution in [3.63, 3.8) is 0 Å². The number of benzene rings is 3. The van der Waals surface area contributed by atoms with Gasteiger partial charge in [0.05, 0.1) is 14.2 Å². The largest absolute Gasteiger partial charge is 0.497 e. The van der Waals surface area contributed by atoms with E-state index in [9.17, 15) is 4.79 Å². The number of hydrogen-bond donors (Lipinski definition) is 1. The van der Waals surface area contributed by atoms with Gasteiger partial charge in [-0.15, -0.1) is 0 Å². The number of ether oxygens (including phenoxy) is 3. The summed E-state index contributed by atoms with van der Waals surface area (Å²) in [6, 6.07) is 25.1. The second-order valence-electron chi connectivity index (χ2n) is 6.92. The summed E-state index contributed by atoms with van der Waals surface area (Å²) in [5.74, 6) is 0.967. The number of amides is 1. The molecule has 1 atom stereocenters. The minimum atomic E-state index is -1.05. The molecule has 0 aliphatic rings. The van der Waals surface area contributed by atoms with Gasteiger partial charge in [-0.05, 0) is 47.4 Å². The van der Waals surface area contributed by atoms with Gasteiger partial charge in [0, 0.05) is 0 Å². The Balaban J connectivity index is 2.29. The summed E-state index contributed by atoms with van der Waals surface area (Å²) < 4.78 is 17.3. The van der Waals surface area contributed by atoms with E-state index in [1.807, 2.05) is 85.8 Å². The Kier molecular flexibility index (Phi) is 6.75. The van der Waals surface area contributed by atoms with Crippen LogP contribution in [0.4, 0.5) is 0 Å². The number of carbonyl (C=O) groups is 1. The van der Waals surface area contributed by atoms with Gasteiger partial charge in [0.2, 0.25) is 5.91 Å². The highest BCUT2D eigenvalue weighted by Gasteiger charge is 2.40. The van der Waals surface area contributed by atoms with Crippen molar-refractivity contribution >= 4 is 5.91 Å². The Labute approximate surface area is 177 Å². The van der Waals surface area contributed by atoms with Crippen LogP contribution in [-0.2, 0) is 15.1 Å². The molecule has 0 aliphatic carbocycles. The van der Waals surface area contributed by atoms with Crippen LogP contribution in [0.2, 0.25) is 0 Å². The zero-order chi connectivity index (χ0) is 21.6. The molecule has 0 bridgehead atoms. The molecule has 3 rings (SSSR count). The van der Waals surface area contributed by atoms with E-state index in [-0.39, 0.29) is 0 Å². The van der Waals surface area contributed by atoms with E-state index in [0.717, 1.165) is 28.2 Å². The second kappa shape index (κ2) is 9.46. The molecule has 2 N–H and O–H groups in total. The van der Waals surface area contributed by atoms with Crippen molar-refractivity contribution in [2.24, 2.45) is 5.73 Å². The molecule has 30 heavy (non-hydrogen) atoms. The molecule has 3 aromatic rings. The molecule has 5 nitrogen and oxygen atoms in total. The maximum absolute atomic E-state index is 12.2. The normalized spacial score (nSPS) is 12.2. The van der Waals surface area contributed by atoms with Crippen LogP contribution in [0.3, 0.4) is 0 Å². The molecule has 0 aromatic heterocycles. The van der Waals surface area contributed by atoms with Crippen molar-refractivity contribution in [3.05, 3.63) is 95.6 Å². The van der Waals surface area contributed by atoms with Gasteiger partial charge in [0.15, 0.2) is 0 Å². The zero-order valence-corrected chi connectivity index (χ0v) is 17.5. The quantitative estimate of drug-likeness (QED) is 0.540. The minimum Gasteiger partial charge on any atom is -0.497 e. The minimum absolute atomic E-state index is 0.455. The summed E-state index contributed by atoms with van der Waals surface area (Å²) in [5, 5.41) is 0. The van der Waals surface area contributed by atoms with Gasteiger partial charge in [-0.2, -0.15) is 0 Å². The average Bonchev–Trinajstić information content (AvgIpc) is 2.81. The number of rotatable bonds is 9. The lowest BCUT2D eigenvalue weighted by atomic mass is 9.79. The Morgan fingerprint density at radius 3 is 1.60 bits per heavy atom. The van der Waals surface area contributed by atoms with Crippen LogP contribution in [0.5, 0.6) is 11.5 Å². The topological polar surface area (TPSA) is 70.8 Å². The summed E-state index contributed by atoms with van der Waals surface area (Å²) in [4.78, 5) is 12.2. The second-order valence-corrected chi connectivity index (χ2v) is 6.92. The van der Waals surface area contributed by atoms with Gasteiger partial charge in [0.25, 0.3) is 0 Å². The monoisotopic (exact) mass is 405 g/mol. The maximum Gasteiger partial charge on any atom is 0.246 e. The molecule has 0 aliphatic heterocycles. The van der Waals surface area contributed by atoms with Crippen molar-refractivity contribution in [3.8, 4) is 11.5 Å². The number of carbonyl (C=O) groups excluding carboxylic acids is 1. The van der Waals surface area contributed by atoms with E-state index in [1.165, 1.54) is 0 Å². The number of methoxy groups -OCH3 is 2. The first-order valence-corrected chi connectivity index (χ1v) is 9.86. The highest BCUT2D eigenvalue weighted by molar-refractivity contribution is 5.79. The van der Waals surface area contributed by atoms with Crippen molar-refractivity contribution in [1.29, 1.82) is 0 Å². The van der Waals surface area contributed by atoms with Gasteiger partial charge in [-0.25, -0.2) is 0 Å². The summed E-state index contributed by atoms with van der Waals surface area (Å²) >= 11 is 0. The Bertz CT molecular complexity index is 905. The molecule has 0 radical (unpaired) electrons. The molecule has 156 valence electrons. The van der Waals surface area contributed by atoms with Crippen LogP contribution in [0.1, 0.15) is 30.0 Å². The number of primary amides is 1. The van der Waals surface area contributed by atoms with E-state index >= 15 is 0 Å². The van der Waals surface area contributed by atoms with Crippen molar-refractivity contribution in [2.75, 3.05) is 14.2 Å². The van der Waals surface area contributed by atoms with Crippen LogP contribution in [0.15, 0.2) is 78.9 Å². The van der Waals surface area contributed by atoms with Crippen LogP contribution in [-0.4, -0.2) is 26.2 Å². The van der Waals surface area contributed by atoms with Crippen molar-refractivity contribution in [1.82, 2.24) is 0 Å². The van der Waals surface area contributed by atoms with Gasteiger partial charge >= 0.3 is 0 Å². The summed E-state index contributed by atoms with van der Waals surface area (Å²) in [7, 11) is 3.25. The van der Waals surface area contributed by atoms with E-state index in [0.29, 0.717) is 6.42 Å². The smallest absolute Gasteiger partial charge is 0.246 e. The molecule has 1 unspecified atom stereocenters. The summed E-state index contributed by atoms with van der Waals surface area (Å²) in [6.07, 6.45) is -0.314. The first-order valence-electron chi connectivity index (χ1n) is 9.86. The Hall–Kier alpha value is -3.31. The van der Waals surface area contributed by atoms with Gasteiger partial charge in [0.1, 0.15) is 23.2 Å². The predicted molar refractivity (Wildman–Crippen MR) is 117 cm³/mol. The molecule has 0 saturated carbocycles. The van der Waals surface area contributed by atoms with Gasteiger partial charge in [-0.1, -0.05) is 61.5 Å². The van der Waals surface area contributed by atoms with E-state index in [1.54, 1.807) is 14.2 Å². The van der Waals surface area contributed by atoms with E-state index < -0.39 is 17.6 Å². The molecule has 3 aromatic carbocycles. The Morgan fingerprint density at radius 2 is 1.23 bits per heavy atom. The SMILES string of the molecule is CCC(OC(c1ccccc1)(c1ccc(OC)cc1)c1ccc(OC)cc1)C(N)=O. The molecular formula is C25H27NO4. The van der Waals surface area contributed by atoms with Crippen LogP contribution in [0.25, 0.3) is 0 Å². The molecular weight excluding hydrogens is 378 g/mol. The number of nitrogens with two attached hydrogens (primary N) is 1. The number of hydrogen-bond acceptors (Lipinski definition) is 4. The third-order valence-electron chi connectivity index (χ3n) is 5.18. The van der Waals surface area contributed by atoms with Gasteiger partial charge < -0.3 is 19.9 Å². The zero-order valence-electron chi connectivity index (χ0n) is 17.5. The molecule has 0 heterocycles. The highest BCUT2D eigenvalue weighted by atomic mass is 16.5. The van der Waals surface area contributed by atoms with E-state index in [4.69, 9.17) is 19.9 Å². The van der Waals surface area contributed by atoms with Gasteiger partial charge in [-0.3, -0.25) is 4.79 Å². The third-order valence-corrected chi connectivity index (χ3v) is 5.18. The maximum atomic E-state index is 12.2. The lowest BCUT2D eigenvalue weighted by molar-refractivity contribution is -0.137. The van der Waals surface area contributed by atoms with Crippen molar-refractivity contribution < 1.29 is 19.0 Å². The fourth-order valence-corrected chi connectivity index (χ4v) is 3.58. The standard InChI is InChI=1S/C25H27NO4/c1-4-23(24(26)27)30-25(18-8-6-5-7-9-18,19-10-14-21(28-2)15-11-19)20-12-16-22(29-3)17-13-20/h5-17,23H,4H2,1-3H3,(H2,26,27). The van der Waals surface area contributed by atoms with Crippen molar-refractivity contribution in [2.45, 2.75) is 25.0 Å². The average molecular weight is 405 g/mol. The lowest BCUT2D eigenvalue weighted by Crippen LogP contribution is -2.42. The molecule has 1 amide bonds. The lowest BCUT2D eigenvalue weighted by Gasteiger charge is -2.38. The predicted octanol–water partition coefficient (Wildman–Crippen LogP) is 4.28. The summed E-state index contributed by atoms with van der Waals surface area (Å²) in [5.41, 5.74) is 7.24. The van der Waals surface area contributed by atoms with Crippen LogP contribution >= 0.6 is 0 Å². The summed E-state index contributed by atoms with van der Waals surface area (Å²) in [6.45, 7) is 1.88. The van der Waals surface area contributed by atoms with Crippen LogP contribution < -0.4 is 15.2 Å². The fraction of sp³-hybridized carbons (Fsp3) is 0.240. The molecule has 0 saturated heterocycles. The fourth-order valence-electron chi connectivity index (χ4n) is 3.58. The third kappa shape index (κ3) is 4.16.